The summed E-state index contributed by atoms with van der Waals surface area (Å²) < 4.78 is 6.95. The molecule has 0 aliphatic heterocycles. The summed E-state index contributed by atoms with van der Waals surface area (Å²) >= 11 is 0. The Hall–Kier alpha value is -1.32. The second-order valence-electron chi connectivity index (χ2n) is 4.84. The number of carbonyl (C=O) groups is 1. The molecular formula is C14H26IN5O2. The van der Waals surface area contributed by atoms with Crippen molar-refractivity contribution in [1.29, 1.82) is 0 Å². The van der Waals surface area contributed by atoms with Gasteiger partial charge >= 0.3 is 5.97 Å². The lowest BCUT2D eigenvalue weighted by atomic mass is 10.4. The van der Waals surface area contributed by atoms with Gasteiger partial charge in [0.25, 0.3) is 0 Å². The first-order valence-electron chi connectivity index (χ1n) is 7.23. The highest BCUT2D eigenvalue weighted by Gasteiger charge is 2.05. The molecule has 0 spiro atoms. The Labute approximate surface area is 148 Å². The smallest absolute Gasteiger partial charge is 0.307 e. The molecule has 0 saturated carbocycles. The molecule has 0 radical (unpaired) electrons. The van der Waals surface area contributed by atoms with Gasteiger partial charge in [-0.2, -0.15) is 5.10 Å². The highest BCUT2D eigenvalue weighted by molar-refractivity contribution is 14.0. The van der Waals surface area contributed by atoms with Crippen molar-refractivity contribution in [2.75, 3.05) is 20.1 Å². The molecule has 7 nitrogen and oxygen atoms in total. The van der Waals surface area contributed by atoms with E-state index in [9.17, 15) is 4.79 Å². The van der Waals surface area contributed by atoms with Gasteiger partial charge in [0.05, 0.1) is 12.5 Å². The molecule has 0 atom stereocenters. The molecule has 126 valence electrons. The summed E-state index contributed by atoms with van der Waals surface area (Å²) in [5, 5.41) is 10.4. The van der Waals surface area contributed by atoms with Crippen molar-refractivity contribution >= 4 is 35.9 Å². The van der Waals surface area contributed by atoms with Crippen LogP contribution in [0, 0.1) is 0 Å². The van der Waals surface area contributed by atoms with E-state index in [-0.39, 0.29) is 36.0 Å². The number of halogens is 1. The van der Waals surface area contributed by atoms with Crippen LogP contribution in [0.4, 0.5) is 0 Å². The third-order valence-corrected chi connectivity index (χ3v) is 2.63. The lowest BCUT2D eigenvalue weighted by Gasteiger charge is -2.12. The first-order valence-corrected chi connectivity index (χ1v) is 7.23. The molecule has 1 rings (SSSR count). The average Bonchev–Trinajstić information content (AvgIpc) is 2.93. The molecule has 1 aromatic rings. The predicted molar refractivity (Wildman–Crippen MR) is 97.5 cm³/mol. The molecule has 0 saturated heterocycles. The minimum Gasteiger partial charge on any atom is -0.463 e. The SMILES string of the molecule is CN=C(NCCCn1cccn1)NCCC(=O)OC(C)C.I. The predicted octanol–water partition coefficient (Wildman–Crippen LogP) is 1.40. The van der Waals surface area contributed by atoms with Crippen molar-refractivity contribution in [3.8, 4) is 0 Å². The van der Waals surface area contributed by atoms with E-state index in [0.717, 1.165) is 19.5 Å². The van der Waals surface area contributed by atoms with Gasteiger partial charge in [0, 0.05) is 39.1 Å². The minimum absolute atomic E-state index is 0. The zero-order chi connectivity index (χ0) is 15.5. The summed E-state index contributed by atoms with van der Waals surface area (Å²) in [6.45, 7) is 5.83. The third-order valence-electron chi connectivity index (χ3n) is 2.63. The zero-order valence-electron chi connectivity index (χ0n) is 13.4. The largest absolute Gasteiger partial charge is 0.463 e. The molecule has 8 heteroatoms. The van der Waals surface area contributed by atoms with E-state index in [1.807, 2.05) is 30.8 Å². The lowest BCUT2D eigenvalue weighted by molar-refractivity contribution is -0.147. The number of aromatic nitrogens is 2. The Morgan fingerprint density at radius 1 is 1.36 bits per heavy atom. The number of hydrogen-bond acceptors (Lipinski definition) is 4. The highest BCUT2D eigenvalue weighted by atomic mass is 127. The number of hydrogen-bond donors (Lipinski definition) is 2. The maximum absolute atomic E-state index is 11.4. The fourth-order valence-electron chi connectivity index (χ4n) is 1.71. The maximum atomic E-state index is 11.4. The van der Waals surface area contributed by atoms with Crippen LogP contribution in [0.3, 0.4) is 0 Å². The maximum Gasteiger partial charge on any atom is 0.307 e. The van der Waals surface area contributed by atoms with Gasteiger partial charge in [-0.05, 0) is 26.3 Å². The Morgan fingerprint density at radius 3 is 2.68 bits per heavy atom. The van der Waals surface area contributed by atoms with Gasteiger partial charge in [0.2, 0.25) is 0 Å². The number of nitrogens with one attached hydrogen (secondary N) is 2. The molecule has 0 amide bonds. The van der Waals surface area contributed by atoms with E-state index in [1.54, 1.807) is 13.2 Å². The van der Waals surface area contributed by atoms with E-state index >= 15 is 0 Å². The normalized spacial score (nSPS) is 11.0. The van der Waals surface area contributed by atoms with Gasteiger partial charge in [-0.25, -0.2) is 0 Å². The highest BCUT2D eigenvalue weighted by Crippen LogP contribution is 1.92. The van der Waals surface area contributed by atoms with Crippen LogP contribution >= 0.6 is 24.0 Å². The van der Waals surface area contributed by atoms with Gasteiger partial charge in [0.15, 0.2) is 5.96 Å². The monoisotopic (exact) mass is 423 g/mol. The van der Waals surface area contributed by atoms with E-state index < -0.39 is 0 Å². The van der Waals surface area contributed by atoms with Gasteiger partial charge in [-0.15, -0.1) is 24.0 Å². The molecule has 22 heavy (non-hydrogen) atoms. The number of aliphatic imine (C=N–C) groups is 1. The molecule has 2 N–H and O–H groups in total. The summed E-state index contributed by atoms with van der Waals surface area (Å²) in [7, 11) is 1.70. The van der Waals surface area contributed by atoms with E-state index in [4.69, 9.17) is 4.74 Å². The fourth-order valence-corrected chi connectivity index (χ4v) is 1.71. The second-order valence-corrected chi connectivity index (χ2v) is 4.84. The quantitative estimate of drug-likeness (QED) is 0.217. The van der Waals surface area contributed by atoms with E-state index in [1.165, 1.54) is 0 Å². The Morgan fingerprint density at radius 2 is 2.09 bits per heavy atom. The summed E-state index contributed by atoms with van der Waals surface area (Å²) in [6.07, 6.45) is 4.90. The van der Waals surface area contributed by atoms with Crippen LogP contribution in [0.1, 0.15) is 26.7 Å². The number of esters is 1. The summed E-state index contributed by atoms with van der Waals surface area (Å²) in [5.74, 6) is 0.486. The standard InChI is InChI=1S/C14H25N5O2.HI/c1-12(2)21-13(20)6-9-17-14(15-3)16-7-4-10-19-11-5-8-18-19;/h5,8,11-12H,4,6-7,9-10H2,1-3H3,(H2,15,16,17);1H. The summed E-state index contributed by atoms with van der Waals surface area (Å²) in [4.78, 5) is 15.5. The number of rotatable bonds is 8. The summed E-state index contributed by atoms with van der Waals surface area (Å²) in [5.41, 5.74) is 0. The first-order chi connectivity index (χ1) is 10.1. The van der Waals surface area contributed by atoms with Crippen LogP contribution in [0.15, 0.2) is 23.5 Å². The number of ether oxygens (including phenoxy) is 1. The van der Waals surface area contributed by atoms with Crippen molar-refractivity contribution < 1.29 is 9.53 Å². The van der Waals surface area contributed by atoms with E-state index in [0.29, 0.717) is 18.9 Å². The average molecular weight is 423 g/mol. The number of carbonyl (C=O) groups excluding carboxylic acids is 1. The van der Waals surface area contributed by atoms with Crippen molar-refractivity contribution in [1.82, 2.24) is 20.4 Å². The molecule has 1 aromatic heterocycles. The van der Waals surface area contributed by atoms with Crippen LogP contribution in [0.2, 0.25) is 0 Å². The van der Waals surface area contributed by atoms with Crippen LogP contribution in [0.5, 0.6) is 0 Å². The lowest BCUT2D eigenvalue weighted by Crippen LogP contribution is -2.39. The molecule has 0 aliphatic rings. The second kappa shape index (κ2) is 12.2. The molecule has 0 aromatic carbocycles. The molecule has 0 fully saturated rings. The molecule has 0 bridgehead atoms. The molecular weight excluding hydrogens is 397 g/mol. The van der Waals surface area contributed by atoms with Gasteiger partial charge in [-0.3, -0.25) is 14.5 Å². The van der Waals surface area contributed by atoms with Crippen molar-refractivity contribution in [3.63, 3.8) is 0 Å². The topological polar surface area (TPSA) is 80.5 Å². The van der Waals surface area contributed by atoms with Gasteiger partial charge in [-0.1, -0.05) is 0 Å². The Kier molecular flexibility index (Phi) is 11.5. The molecule has 0 unspecified atom stereocenters. The molecule has 1 heterocycles. The number of nitrogens with zero attached hydrogens (tertiary/aromatic N) is 3. The van der Waals surface area contributed by atoms with Crippen molar-refractivity contribution in [3.05, 3.63) is 18.5 Å². The molecule has 0 aliphatic carbocycles. The fraction of sp³-hybridized carbons (Fsp3) is 0.643. The zero-order valence-corrected chi connectivity index (χ0v) is 15.7. The van der Waals surface area contributed by atoms with Crippen LogP contribution < -0.4 is 10.6 Å². The van der Waals surface area contributed by atoms with Crippen molar-refractivity contribution in [2.24, 2.45) is 4.99 Å². The van der Waals surface area contributed by atoms with E-state index in [2.05, 4.69) is 20.7 Å². The summed E-state index contributed by atoms with van der Waals surface area (Å²) in [6, 6.07) is 1.91. The Bertz CT molecular complexity index is 434. The number of guanidine groups is 1. The minimum atomic E-state index is -0.202. The van der Waals surface area contributed by atoms with Crippen molar-refractivity contribution in [2.45, 2.75) is 39.3 Å². The number of aryl methyl sites for hydroxylation is 1. The van der Waals surface area contributed by atoms with Gasteiger partial charge < -0.3 is 15.4 Å². The first kappa shape index (κ1) is 20.7. The van der Waals surface area contributed by atoms with Crippen LogP contribution in [-0.2, 0) is 16.1 Å². The Balaban J connectivity index is 0.00000441. The van der Waals surface area contributed by atoms with Crippen LogP contribution in [-0.4, -0.2) is 48.0 Å². The van der Waals surface area contributed by atoms with Crippen LogP contribution in [0.25, 0.3) is 0 Å². The third kappa shape index (κ3) is 9.59. The van der Waals surface area contributed by atoms with Gasteiger partial charge in [0.1, 0.15) is 0 Å².